The molecular weight excluding hydrogens is 381 g/mol. The van der Waals surface area contributed by atoms with Gasteiger partial charge in [0.15, 0.2) is 0 Å². The summed E-state index contributed by atoms with van der Waals surface area (Å²) in [6, 6.07) is 12.2. The normalized spacial score (nSPS) is 14.7. The van der Waals surface area contributed by atoms with Gasteiger partial charge in [-0.05, 0) is 55.0 Å². The van der Waals surface area contributed by atoms with Crippen molar-refractivity contribution in [3.8, 4) is 5.75 Å². The van der Waals surface area contributed by atoms with E-state index in [-0.39, 0.29) is 34.5 Å². The molecule has 2 nitrogen and oxygen atoms in total. The van der Waals surface area contributed by atoms with E-state index in [4.69, 9.17) is 0 Å². The van der Waals surface area contributed by atoms with Crippen LogP contribution in [0.2, 0.25) is 0 Å². The van der Waals surface area contributed by atoms with Gasteiger partial charge >= 0.3 is 0 Å². The predicted molar refractivity (Wildman–Crippen MR) is 106 cm³/mol. The molecule has 1 atom stereocenters. The third kappa shape index (κ3) is 4.73. The van der Waals surface area contributed by atoms with Gasteiger partial charge in [-0.15, -0.1) is 17.0 Å². The fraction of sp³-hybridized carbons (Fsp3) is 0.238. The van der Waals surface area contributed by atoms with Gasteiger partial charge in [0.25, 0.3) is 0 Å². The number of aromatic hydroxyl groups is 1. The molecule has 1 aliphatic heterocycles. The molecule has 132 valence electrons. The van der Waals surface area contributed by atoms with E-state index in [1.165, 1.54) is 17.7 Å². The molecule has 0 radical (unpaired) electrons. The molecule has 3 rings (SSSR count). The summed E-state index contributed by atoms with van der Waals surface area (Å²) in [6.07, 6.45) is 7.14. The van der Waals surface area contributed by atoms with Crippen LogP contribution in [0, 0.1) is 12.7 Å². The Morgan fingerprint density at radius 1 is 1.16 bits per heavy atom. The summed E-state index contributed by atoms with van der Waals surface area (Å²) in [6.45, 7) is 2.89. The standard InChI is InChI=1S/C21H22FNO.BrH/c1-15-3-8-21(24)20(13-15)19(17-4-6-18(22)7-5-17)14-16-9-11-23(2)12-10-16;/h3-11,13,19,24H,12,14H2,1-2H3;1H. The summed E-state index contributed by atoms with van der Waals surface area (Å²) >= 11 is 0. The first-order chi connectivity index (χ1) is 11.5. The number of likely N-dealkylation sites (N-methyl/N-ethyl adjacent to an activating group) is 1. The van der Waals surface area contributed by atoms with E-state index in [0.717, 1.165) is 29.7 Å². The lowest BCUT2D eigenvalue weighted by molar-refractivity contribution is 0.463. The van der Waals surface area contributed by atoms with E-state index >= 15 is 0 Å². The Labute approximate surface area is 159 Å². The Hall–Kier alpha value is -2.07. The van der Waals surface area contributed by atoms with Gasteiger partial charge in [0, 0.05) is 25.1 Å². The summed E-state index contributed by atoms with van der Waals surface area (Å²) in [7, 11) is 2.04. The Morgan fingerprint density at radius 2 is 1.88 bits per heavy atom. The number of nitrogens with zero attached hydrogens (tertiary/aromatic N) is 1. The van der Waals surface area contributed by atoms with Gasteiger partial charge in [0.1, 0.15) is 11.6 Å². The first kappa shape index (κ1) is 19.3. The van der Waals surface area contributed by atoms with E-state index in [9.17, 15) is 9.50 Å². The third-order valence-electron chi connectivity index (χ3n) is 4.46. The van der Waals surface area contributed by atoms with Crippen LogP contribution in [-0.4, -0.2) is 23.6 Å². The van der Waals surface area contributed by atoms with Crippen molar-refractivity contribution < 1.29 is 9.50 Å². The Morgan fingerprint density at radius 3 is 2.52 bits per heavy atom. The van der Waals surface area contributed by atoms with E-state index in [1.54, 1.807) is 18.2 Å². The Bertz CT molecular complexity index is 783. The minimum Gasteiger partial charge on any atom is -0.508 e. The van der Waals surface area contributed by atoms with Crippen LogP contribution in [0.15, 0.2) is 66.4 Å². The second kappa shape index (κ2) is 8.34. The monoisotopic (exact) mass is 403 g/mol. The number of benzene rings is 2. The minimum absolute atomic E-state index is 0. The highest BCUT2D eigenvalue weighted by Gasteiger charge is 2.20. The molecule has 1 unspecified atom stereocenters. The first-order valence-electron chi connectivity index (χ1n) is 8.15. The van der Waals surface area contributed by atoms with Crippen LogP contribution in [0.3, 0.4) is 0 Å². The molecule has 0 aromatic heterocycles. The second-order valence-electron chi connectivity index (χ2n) is 6.40. The highest BCUT2D eigenvalue weighted by molar-refractivity contribution is 8.93. The minimum atomic E-state index is -0.246. The third-order valence-corrected chi connectivity index (χ3v) is 4.46. The zero-order chi connectivity index (χ0) is 17.1. The van der Waals surface area contributed by atoms with E-state index in [1.807, 2.05) is 26.1 Å². The summed E-state index contributed by atoms with van der Waals surface area (Å²) in [5.74, 6) is 0.0293. The van der Waals surface area contributed by atoms with Gasteiger partial charge < -0.3 is 10.0 Å². The molecule has 0 saturated carbocycles. The van der Waals surface area contributed by atoms with Gasteiger partial charge in [0.2, 0.25) is 0 Å². The van der Waals surface area contributed by atoms with Gasteiger partial charge in [-0.1, -0.05) is 35.9 Å². The van der Waals surface area contributed by atoms with E-state index in [2.05, 4.69) is 23.3 Å². The van der Waals surface area contributed by atoms with Crippen LogP contribution in [0.4, 0.5) is 4.39 Å². The van der Waals surface area contributed by atoms with Crippen molar-refractivity contribution in [1.82, 2.24) is 4.90 Å². The maximum atomic E-state index is 13.3. The van der Waals surface area contributed by atoms with Crippen molar-refractivity contribution in [2.24, 2.45) is 0 Å². The second-order valence-corrected chi connectivity index (χ2v) is 6.40. The fourth-order valence-electron chi connectivity index (χ4n) is 3.06. The SMILES string of the molecule is Br.Cc1ccc(O)c(C(CC2=CCN(C)C=C2)c2ccc(F)cc2)c1. The average molecular weight is 404 g/mol. The molecule has 25 heavy (non-hydrogen) atoms. The molecule has 0 fully saturated rings. The largest absolute Gasteiger partial charge is 0.508 e. The van der Waals surface area contributed by atoms with Crippen LogP contribution in [-0.2, 0) is 0 Å². The highest BCUT2D eigenvalue weighted by atomic mass is 79.9. The predicted octanol–water partition coefficient (Wildman–Crippen LogP) is 5.33. The van der Waals surface area contributed by atoms with Crippen molar-refractivity contribution in [3.05, 3.63) is 88.9 Å². The van der Waals surface area contributed by atoms with Crippen molar-refractivity contribution in [2.75, 3.05) is 13.6 Å². The molecule has 2 aromatic rings. The Balaban J connectivity index is 0.00000225. The van der Waals surface area contributed by atoms with Crippen LogP contribution < -0.4 is 0 Å². The van der Waals surface area contributed by atoms with Crippen LogP contribution >= 0.6 is 17.0 Å². The average Bonchev–Trinajstić information content (AvgIpc) is 2.58. The number of aryl methyl sites for hydroxylation is 1. The maximum Gasteiger partial charge on any atom is 0.123 e. The van der Waals surface area contributed by atoms with Crippen molar-refractivity contribution in [2.45, 2.75) is 19.3 Å². The molecule has 1 heterocycles. The van der Waals surface area contributed by atoms with Crippen molar-refractivity contribution in [3.63, 3.8) is 0 Å². The summed E-state index contributed by atoms with van der Waals surface area (Å²) in [5.41, 5.74) is 4.21. The quantitative estimate of drug-likeness (QED) is 0.745. The molecule has 1 aliphatic rings. The molecule has 0 aliphatic carbocycles. The number of hydrogen-bond acceptors (Lipinski definition) is 2. The fourth-order valence-corrected chi connectivity index (χ4v) is 3.06. The van der Waals surface area contributed by atoms with E-state index in [0.29, 0.717) is 0 Å². The number of phenolic OH excluding ortho intramolecular Hbond substituents is 1. The van der Waals surface area contributed by atoms with Crippen molar-refractivity contribution in [1.29, 1.82) is 0 Å². The van der Waals surface area contributed by atoms with Crippen LogP contribution in [0.1, 0.15) is 29.0 Å². The van der Waals surface area contributed by atoms with Gasteiger partial charge in [-0.2, -0.15) is 0 Å². The lowest BCUT2D eigenvalue weighted by Gasteiger charge is -2.23. The lowest BCUT2D eigenvalue weighted by atomic mass is 9.84. The molecule has 2 aromatic carbocycles. The number of rotatable bonds is 4. The zero-order valence-electron chi connectivity index (χ0n) is 14.4. The molecule has 0 bridgehead atoms. The van der Waals surface area contributed by atoms with Crippen LogP contribution in [0.25, 0.3) is 0 Å². The highest BCUT2D eigenvalue weighted by Crippen LogP contribution is 2.37. The molecule has 4 heteroatoms. The summed E-state index contributed by atoms with van der Waals surface area (Å²) in [5, 5.41) is 10.4. The topological polar surface area (TPSA) is 23.5 Å². The smallest absolute Gasteiger partial charge is 0.123 e. The Kier molecular flexibility index (Phi) is 6.43. The molecular formula is C21H23BrFNO. The zero-order valence-corrected chi connectivity index (χ0v) is 16.2. The molecule has 0 saturated heterocycles. The van der Waals surface area contributed by atoms with Crippen molar-refractivity contribution >= 4 is 17.0 Å². The van der Waals surface area contributed by atoms with Gasteiger partial charge in [0.05, 0.1) is 0 Å². The van der Waals surface area contributed by atoms with Gasteiger partial charge in [-0.3, -0.25) is 0 Å². The molecule has 1 N–H and O–H groups in total. The number of halogens is 2. The van der Waals surface area contributed by atoms with E-state index < -0.39 is 0 Å². The number of hydrogen-bond donors (Lipinski definition) is 1. The maximum absolute atomic E-state index is 13.3. The summed E-state index contributed by atoms with van der Waals surface area (Å²) in [4.78, 5) is 2.11. The number of allylic oxidation sites excluding steroid dienone is 2. The van der Waals surface area contributed by atoms with Crippen LogP contribution in [0.5, 0.6) is 5.75 Å². The first-order valence-corrected chi connectivity index (χ1v) is 8.15. The molecule has 0 spiro atoms. The lowest BCUT2D eigenvalue weighted by Crippen LogP contribution is -2.14. The summed E-state index contributed by atoms with van der Waals surface area (Å²) < 4.78 is 13.3. The number of phenols is 1. The van der Waals surface area contributed by atoms with Gasteiger partial charge in [-0.25, -0.2) is 4.39 Å². The molecule has 0 amide bonds.